The molecule has 2 unspecified atom stereocenters. The molecule has 0 saturated heterocycles. The maximum atomic E-state index is 11.5. The molecule has 2 atom stereocenters. The van der Waals surface area contributed by atoms with E-state index < -0.39 is 10.0 Å². The fourth-order valence-electron chi connectivity index (χ4n) is 1.14. The van der Waals surface area contributed by atoms with Gasteiger partial charge in [0.25, 0.3) is 10.0 Å². The van der Waals surface area contributed by atoms with Crippen molar-refractivity contribution < 1.29 is 8.42 Å². The number of nitrogens with one attached hydrogen (secondary N) is 2. The molecule has 1 aromatic heterocycles. The van der Waals surface area contributed by atoms with Gasteiger partial charge >= 0.3 is 0 Å². The summed E-state index contributed by atoms with van der Waals surface area (Å²) in [6, 6.07) is 0.105. The SMILES string of the molecule is CC1CC1NS(=O)(=O)c1cnc[nH]1. The monoisotopic (exact) mass is 201 g/mol. The second kappa shape index (κ2) is 2.81. The number of hydrogen-bond acceptors (Lipinski definition) is 3. The van der Waals surface area contributed by atoms with E-state index in [2.05, 4.69) is 14.7 Å². The smallest absolute Gasteiger partial charge is 0.257 e. The molecule has 0 amide bonds. The van der Waals surface area contributed by atoms with Gasteiger partial charge in [-0.2, -0.15) is 0 Å². The Morgan fingerprint density at radius 2 is 2.38 bits per heavy atom. The van der Waals surface area contributed by atoms with Crippen LogP contribution in [0.4, 0.5) is 0 Å². The molecule has 72 valence electrons. The Kier molecular flexibility index (Phi) is 1.88. The minimum Gasteiger partial charge on any atom is -0.335 e. The van der Waals surface area contributed by atoms with Gasteiger partial charge in [0.05, 0.1) is 12.5 Å². The van der Waals surface area contributed by atoms with Crippen LogP contribution in [-0.4, -0.2) is 24.4 Å². The van der Waals surface area contributed by atoms with Crippen molar-refractivity contribution in [2.75, 3.05) is 0 Å². The minimum absolute atomic E-state index is 0.105. The van der Waals surface area contributed by atoms with E-state index in [1.165, 1.54) is 12.5 Å². The van der Waals surface area contributed by atoms with Crippen LogP contribution in [0.1, 0.15) is 13.3 Å². The van der Waals surface area contributed by atoms with Crippen LogP contribution in [0.15, 0.2) is 17.6 Å². The zero-order chi connectivity index (χ0) is 9.47. The minimum atomic E-state index is -3.35. The highest BCUT2D eigenvalue weighted by Gasteiger charge is 2.36. The molecule has 5 nitrogen and oxygen atoms in total. The van der Waals surface area contributed by atoms with Gasteiger partial charge < -0.3 is 4.98 Å². The normalized spacial score (nSPS) is 27.5. The lowest BCUT2D eigenvalue weighted by Crippen LogP contribution is -2.27. The van der Waals surface area contributed by atoms with Crippen molar-refractivity contribution in [3.8, 4) is 0 Å². The highest BCUT2D eigenvalue weighted by molar-refractivity contribution is 7.89. The summed E-state index contributed by atoms with van der Waals surface area (Å²) in [6.07, 6.45) is 3.58. The van der Waals surface area contributed by atoms with Crippen molar-refractivity contribution in [3.63, 3.8) is 0 Å². The number of sulfonamides is 1. The summed E-state index contributed by atoms with van der Waals surface area (Å²) < 4.78 is 25.6. The number of aromatic amines is 1. The molecular weight excluding hydrogens is 190 g/mol. The highest BCUT2D eigenvalue weighted by atomic mass is 32.2. The zero-order valence-electron chi connectivity index (χ0n) is 7.19. The summed E-state index contributed by atoms with van der Waals surface area (Å²) in [5.74, 6) is 0.456. The third-order valence-corrected chi connectivity index (χ3v) is 3.59. The quantitative estimate of drug-likeness (QED) is 0.728. The van der Waals surface area contributed by atoms with Crippen LogP contribution in [0.25, 0.3) is 0 Å². The van der Waals surface area contributed by atoms with E-state index in [4.69, 9.17) is 0 Å². The first-order valence-corrected chi connectivity index (χ1v) is 5.58. The van der Waals surface area contributed by atoms with E-state index in [0.717, 1.165) is 6.42 Å². The Hall–Kier alpha value is -0.880. The Labute approximate surface area is 76.6 Å². The van der Waals surface area contributed by atoms with Gasteiger partial charge in [0, 0.05) is 6.04 Å². The third-order valence-electron chi connectivity index (χ3n) is 2.18. The number of H-pyrrole nitrogens is 1. The second-order valence-electron chi connectivity index (χ2n) is 3.36. The highest BCUT2D eigenvalue weighted by Crippen LogP contribution is 2.30. The van der Waals surface area contributed by atoms with E-state index in [0.29, 0.717) is 5.92 Å². The molecule has 2 N–H and O–H groups in total. The first-order valence-electron chi connectivity index (χ1n) is 4.10. The summed E-state index contributed by atoms with van der Waals surface area (Å²) in [4.78, 5) is 6.22. The third kappa shape index (κ3) is 1.73. The van der Waals surface area contributed by atoms with Crippen LogP contribution >= 0.6 is 0 Å². The van der Waals surface area contributed by atoms with E-state index in [9.17, 15) is 8.42 Å². The van der Waals surface area contributed by atoms with Gasteiger partial charge in [0.2, 0.25) is 0 Å². The predicted molar refractivity (Wildman–Crippen MR) is 46.5 cm³/mol. The van der Waals surface area contributed by atoms with Crippen LogP contribution < -0.4 is 4.72 Å². The number of imidazole rings is 1. The first-order chi connectivity index (χ1) is 6.09. The molecule has 0 bridgehead atoms. The first kappa shape index (κ1) is 8.71. The summed E-state index contributed by atoms with van der Waals surface area (Å²) in [5, 5.41) is 0.131. The van der Waals surface area contributed by atoms with Gasteiger partial charge in [0.1, 0.15) is 0 Å². The molecule has 0 radical (unpaired) electrons. The molecule has 1 saturated carbocycles. The molecule has 0 spiro atoms. The maximum Gasteiger partial charge on any atom is 0.257 e. The Morgan fingerprint density at radius 3 is 2.85 bits per heavy atom. The molecule has 1 heterocycles. The average Bonchev–Trinajstić information content (AvgIpc) is 2.56. The largest absolute Gasteiger partial charge is 0.335 e. The van der Waals surface area contributed by atoms with Crippen LogP contribution in [-0.2, 0) is 10.0 Å². The van der Waals surface area contributed by atoms with E-state index in [-0.39, 0.29) is 11.1 Å². The van der Waals surface area contributed by atoms with E-state index in [1.54, 1.807) is 0 Å². The van der Waals surface area contributed by atoms with Crippen molar-refractivity contribution in [1.82, 2.24) is 14.7 Å². The molecular formula is C7H11N3O2S. The number of aromatic nitrogens is 2. The number of rotatable bonds is 3. The Morgan fingerprint density at radius 1 is 1.69 bits per heavy atom. The van der Waals surface area contributed by atoms with Crippen molar-refractivity contribution >= 4 is 10.0 Å². The van der Waals surface area contributed by atoms with E-state index >= 15 is 0 Å². The van der Waals surface area contributed by atoms with Crippen molar-refractivity contribution in [2.45, 2.75) is 24.4 Å². The molecule has 6 heteroatoms. The predicted octanol–water partition coefficient (Wildman–Crippen LogP) is 0.0964. The summed E-state index contributed by atoms with van der Waals surface area (Å²) in [7, 11) is -3.35. The van der Waals surface area contributed by atoms with Crippen LogP contribution in [0.3, 0.4) is 0 Å². The summed E-state index contributed by atoms with van der Waals surface area (Å²) in [6.45, 7) is 2.01. The van der Waals surface area contributed by atoms with Crippen LogP contribution in [0.5, 0.6) is 0 Å². The molecule has 2 rings (SSSR count). The Bertz CT molecular complexity index is 384. The molecule has 0 aromatic carbocycles. The summed E-state index contributed by atoms with van der Waals surface area (Å²) >= 11 is 0. The lowest BCUT2D eigenvalue weighted by atomic mass is 10.5. The fourth-order valence-corrected chi connectivity index (χ4v) is 2.40. The van der Waals surface area contributed by atoms with Gasteiger partial charge in [0.15, 0.2) is 5.03 Å². The molecule has 1 aromatic rings. The van der Waals surface area contributed by atoms with Crippen molar-refractivity contribution in [3.05, 3.63) is 12.5 Å². The summed E-state index contributed by atoms with van der Waals surface area (Å²) in [5.41, 5.74) is 0. The lowest BCUT2D eigenvalue weighted by molar-refractivity contribution is 0.575. The maximum absolute atomic E-state index is 11.5. The molecule has 1 fully saturated rings. The van der Waals surface area contributed by atoms with Crippen molar-refractivity contribution in [1.29, 1.82) is 0 Å². The molecule has 1 aliphatic rings. The fraction of sp³-hybridized carbons (Fsp3) is 0.571. The lowest BCUT2D eigenvalue weighted by Gasteiger charge is -2.01. The van der Waals surface area contributed by atoms with Gasteiger partial charge in [-0.15, -0.1) is 0 Å². The van der Waals surface area contributed by atoms with Gasteiger partial charge in [-0.1, -0.05) is 6.92 Å². The van der Waals surface area contributed by atoms with Gasteiger partial charge in [-0.25, -0.2) is 18.1 Å². The average molecular weight is 201 g/mol. The zero-order valence-corrected chi connectivity index (χ0v) is 8.00. The number of nitrogens with zero attached hydrogens (tertiary/aromatic N) is 1. The molecule has 13 heavy (non-hydrogen) atoms. The van der Waals surface area contributed by atoms with Gasteiger partial charge in [-0.3, -0.25) is 0 Å². The Balaban J connectivity index is 2.13. The van der Waals surface area contributed by atoms with E-state index in [1.807, 2.05) is 6.92 Å². The number of hydrogen-bond donors (Lipinski definition) is 2. The van der Waals surface area contributed by atoms with Crippen molar-refractivity contribution in [2.24, 2.45) is 5.92 Å². The standard InChI is InChI=1S/C7H11N3O2S/c1-5-2-6(5)10-13(11,12)7-3-8-4-9-7/h3-6,10H,2H2,1H3,(H,8,9). The topological polar surface area (TPSA) is 74.8 Å². The molecule has 0 aliphatic heterocycles. The van der Waals surface area contributed by atoms with Crippen LogP contribution in [0.2, 0.25) is 0 Å². The van der Waals surface area contributed by atoms with Gasteiger partial charge in [-0.05, 0) is 12.3 Å². The second-order valence-corrected chi connectivity index (χ2v) is 5.04. The molecule has 1 aliphatic carbocycles. The van der Waals surface area contributed by atoms with Crippen LogP contribution in [0, 0.1) is 5.92 Å².